The summed E-state index contributed by atoms with van der Waals surface area (Å²) in [6.07, 6.45) is -18.2. The first-order valence-electron chi connectivity index (χ1n) is 7.47. The minimum absolute atomic E-state index is 0.194. The molecule has 0 bridgehead atoms. The molecule has 160 valence electrons. The minimum atomic E-state index is -6.45. The van der Waals surface area contributed by atoms with Gasteiger partial charge in [-0.1, -0.05) is 40.2 Å². The van der Waals surface area contributed by atoms with Crippen LogP contribution in [-0.4, -0.2) is 18.7 Å². The van der Waals surface area contributed by atoms with Crippen molar-refractivity contribution >= 4 is 15.9 Å². The predicted molar refractivity (Wildman–Crippen MR) is 85.9 cm³/mol. The molecule has 0 saturated carbocycles. The molecule has 12 heteroatoms. The molecular weight excluding hydrogens is 490 g/mol. The normalized spacial score (nSPS) is 13.5. The zero-order chi connectivity index (χ0) is 22.4. The number of aryl methyl sites for hydroxylation is 1. The second kappa shape index (κ2) is 7.37. The summed E-state index contributed by atoms with van der Waals surface area (Å²) in [5.74, 6) is -1.10. The Morgan fingerprint density at radius 2 is 1.31 bits per heavy atom. The Labute approximate surface area is 165 Å². The highest BCUT2D eigenvalue weighted by molar-refractivity contribution is 9.10. The molecule has 0 N–H and O–H groups in total. The molecule has 0 unspecified atom stereocenters. The van der Waals surface area contributed by atoms with Gasteiger partial charge in [-0.2, -0.15) is 26.3 Å². The van der Waals surface area contributed by atoms with Crippen molar-refractivity contribution in [2.24, 2.45) is 0 Å². The lowest BCUT2D eigenvalue weighted by atomic mass is 9.85. The SMILES string of the molecule is Cc1cc(Br)c(-c2ccccc2OC(F)(F)F)c(C(F)(C(F)(F)F)C(F)(F)F)c1. The Morgan fingerprint density at radius 3 is 1.79 bits per heavy atom. The standard InChI is InChI=1S/C17H9BrF10O/c1-8-6-10(14(19,15(20,21)22)16(23,24)25)13(11(18)7-8)9-4-2-3-5-12(9)29-17(26,27)28/h2-7H,1H3. The average Bonchev–Trinajstić information content (AvgIpc) is 2.50. The van der Waals surface area contributed by atoms with Crippen LogP contribution >= 0.6 is 15.9 Å². The van der Waals surface area contributed by atoms with E-state index in [4.69, 9.17) is 0 Å². The monoisotopic (exact) mass is 498 g/mol. The van der Waals surface area contributed by atoms with Crippen molar-refractivity contribution in [1.29, 1.82) is 0 Å². The van der Waals surface area contributed by atoms with Crippen LogP contribution in [0.4, 0.5) is 43.9 Å². The van der Waals surface area contributed by atoms with Gasteiger partial charge in [0, 0.05) is 21.2 Å². The first-order valence-corrected chi connectivity index (χ1v) is 8.26. The van der Waals surface area contributed by atoms with E-state index in [0.717, 1.165) is 31.2 Å². The van der Waals surface area contributed by atoms with Crippen LogP contribution in [-0.2, 0) is 5.67 Å². The third-order valence-electron chi connectivity index (χ3n) is 3.77. The fraction of sp³-hybridized carbons (Fsp3) is 0.294. The fourth-order valence-electron chi connectivity index (χ4n) is 2.64. The highest BCUT2D eigenvalue weighted by Gasteiger charge is 2.74. The summed E-state index contributed by atoms with van der Waals surface area (Å²) in [5.41, 5.74) is -9.85. The molecule has 1 nitrogen and oxygen atoms in total. The van der Waals surface area contributed by atoms with Gasteiger partial charge in [-0.05, 0) is 24.6 Å². The molecule has 29 heavy (non-hydrogen) atoms. The van der Waals surface area contributed by atoms with E-state index in [1.807, 2.05) is 0 Å². The number of hydrogen-bond donors (Lipinski definition) is 0. The number of ether oxygens (including phenoxy) is 1. The molecule has 0 aliphatic rings. The first-order chi connectivity index (χ1) is 13.0. The van der Waals surface area contributed by atoms with Gasteiger partial charge in [0.1, 0.15) is 5.75 Å². The smallest absolute Gasteiger partial charge is 0.405 e. The van der Waals surface area contributed by atoms with Gasteiger partial charge in [0.2, 0.25) is 0 Å². The van der Waals surface area contributed by atoms with Crippen molar-refractivity contribution < 1.29 is 48.6 Å². The molecule has 0 saturated heterocycles. The third-order valence-corrected chi connectivity index (χ3v) is 4.39. The Hall–Kier alpha value is -1.98. The summed E-state index contributed by atoms with van der Waals surface area (Å²) in [6.45, 7) is 1.10. The fourth-order valence-corrected chi connectivity index (χ4v) is 3.43. The highest BCUT2D eigenvalue weighted by atomic mass is 79.9. The maximum absolute atomic E-state index is 14.8. The van der Waals surface area contributed by atoms with Crippen LogP contribution in [0.2, 0.25) is 0 Å². The summed E-state index contributed by atoms with van der Waals surface area (Å²) in [7, 11) is 0. The van der Waals surface area contributed by atoms with Gasteiger partial charge >= 0.3 is 24.4 Å². The zero-order valence-corrected chi connectivity index (χ0v) is 15.6. The van der Waals surface area contributed by atoms with E-state index >= 15 is 0 Å². The molecule has 0 radical (unpaired) electrons. The highest BCUT2D eigenvalue weighted by Crippen LogP contribution is 2.57. The van der Waals surface area contributed by atoms with Gasteiger partial charge in [-0.15, -0.1) is 13.2 Å². The molecule has 0 heterocycles. The average molecular weight is 499 g/mol. The molecule has 0 atom stereocenters. The van der Waals surface area contributed by atoms with Crippen molar-refractivity contribution in [3.05, 3.63) is 52.0 Å². The van der Waals surface area contributed by atoms with Gasteiger partial charge in [-0.25, -0.2) is 4.39 Å². The van der Waals surface area contributed by atoms with Crippen molar-refractivity contribution in [1.82, 2.24) is 0 Å². The van der Waals surface area contributed by atoms with E-state index in [1.165, 1.54) is 0 Å². The number of benzene rings is 2. The van der Waals surface area contributed by atoms with Crippen LogP contribution < -0.4 is 4.74 Å². The Morgan fingerprint density at radius 1 is 0.793 bits per heavy atom. The van der Waals surface area contributed by atoms with Crippen LogP contribution in [0.15, 0.2) is 40.9 Å². The lowest BCUT2D eigenvalue weighted by Gasteiger charge is -2.32. The Bertz CT molecular complexity index is 885. The molecule has 0 aliphatic heterocycles. The van der Waals surface area contributed by atoms with E-state index in [1.54, 1.807) is 0 Å². The molecule has 0 spiro atoms. The van der Waals surface area contributed by atoms with E-state index in [-0.39, 0.29) is 11.6 Å². The number of hydrogen-bond acceptors (Lipinski definition) is 1. The maximum Gasteiger partial charge on any atom is 0.573 e. The summed E-state index contributed by atoms with van der Waals surface area (Å²) >= 11 is 2.74. The molecule has 0 amide bonds. The van der Waals surface area contributed by atoms with E-state index in [0.29, 0.717) is 6.07 Å². The predicted octanol–water partition coefficient (Wildman–Crippen LogP) is 7.61. The maximum atomic E-state index is 14.8. The lowest BCUT2D eigenvalue weighted by molar-refractivity contribution is -0.348. The first kappa shape index (κ1) is 23.3. The Balaban J connectivity index is 2.95. The van der Waals surface area contributed by atoms with Crippen LogP contribution in [0.5, 0.6) is 5.75 Å². The van der Waals surface area contributed by atoms with Crippen LogP contribution in [0.3, 0.4) is 0 Å². The van der Waals surface area contributed by atoms with Gasteiger partial charge in [0.15, 0.2) is 0 Å². The van der Waals surface area contributed by atoms with Gasteiger partial charge in [-0.3, -0.25) is 0 Å². The molecule has 0 aromatic heterocycles. The lowest BCUT2D eigenvalue weighted by Crippen LogP contribution is -2.50. The molecule has 0 fully saturated rings. The van der Waals surface area contributed by atoms with E-state index < -0.39 is 51.3 Å². The largest absolute Gasteiger partial charge is 0.573 e. The summed E-state index contributed by atoms with van der Waals surface area (Å²) in [6, 6.07) is 4.85. The van der Waals surface area contributed by atoms with Crippen molar-refractivity contribution in [3.8, 4) is 16.9 Å². The molecule has 0 aliphatic carbocycles. The third kappa shape index (κ3) is 4.46. The van der Waals surface area contributed by atoms with Gasteiger partial charge in [0.25, 0.3) is 0 Å². The zero-order valence-electron chi connectivity index (χ0n) is 14.0. The van der Waals surface area contributed by atoms with Crippen LogP contribution in [0.1, 0.15) is 11.1 Å². The Kier molecular flexibility index (Phi) is 5.92. The molecule has 2 aromatic carbocycles. The van der Waals surface area contributed by atoms with Crippen molar-refractivity contribution in [3.63, 3.8) is 0 Å². The number of rotatable bonds is 3. The number of alkyl halides is 10. The van der Waals surface area contributed by atoms with Crippen molar-refractivity contribution in [2.75, 3.05) is 0 Å². The molecule has 2 rings (SSSR count). The van der Waals surface area contributed by atoms with Gasteiger partial charge in [0.05, 0.1) is 0 Å². The van der Waals surface area contributed by atoms with Crippen LogP contribution in [0, 0.1) is 6.92 Å². The molecular formula is C17H9BrF10O. The van der Waals surface area contributed by atoms with Crippen molar-refractivity contribution in [2.45, 2.75) is 31.3 Å². The van der Waals surface area contributed by atoms with Crippen LogP contribution in [0.25, 0.3) is 11.1 Å². The second-order valence-electron chi connectivity index (χ2n) is 5.87. The quantitative estimate of drug-likeness (QED) is 0.395. The van der Waals surface area contributed by atoms with Gasteiger partial charge < -0.3 is 4.74 Å². The topological polar surface area (TPSA) is 9.23 Å². The number of halogens is 11. The minimum Gasteiger partial charge on any atom is -0.405 e. The number of para-hydroxylation sites is 1. The van der Waals surface area contributed by atoms with E-state index in [2.05, 4.69) is 20.7 Å². The summed E-state index contributed by atoms with van der Waals surface area (Å²) in [4.78, 5) is 0. The molecule has 2 aromatic rings. The van der Waals surface area contributed by atoms with E-state index in [9.17, 15) is 43.9 Å². The summed E-state index contributed by atoms with van der Waals surface area (Å²) < 4.78 is 136. The second-order valence-corrected chi connectivity index (χ2v) is 6.72. The summed E-state index contributed by atoms with van der Waals surface area (Å²) in [5, 5.41) is 0.